The molecule has 1 aliphatic carbocycles. The van der Waals surface area contributed by atoms with E-state index in [0.717, 1.165) is 25.9 Å². The molecule has 0 spiro atoms. The van der Waals surface area contributed by atoms with E-state index in [1.165, 1.54) is 26.7 Å². The van der Waals surface area contributed by atoms with Gasteiger partial charge in [0.05, 0.1) is 5.69 Å². The van der Waals surface area contributed by atoms with Crippen LogP contribution in [0.25, 0.3) is 0 Å². The van der Waals surface area contributed by atoms with Gasteiger partial charge in [-0.25, -0.2) is 4.98 Å². The summed E-state index contributed by atoms with van der Waals surface area (Å²) in [6.45, 7) is 8.74. The number of benzene rings is 1. The lowest BCUT2D eigenvalue weighted by Crippen LogP contribution is -2.19. The van der Waals surface area contributed by atoms with Crippen molar-refractivity contribution in [3.63, 3.8) is 0 Å². The normalized spacial score (nSPS) is 16.9. The van der Waals surface area contributed by atoms with E-state index in [9.17, 15) is 0 Å². The Kier molecular flexibility index (Phi) is 4.41. The maximum Gasteiger partial charge on any atom is 0.101 e. The van der Waals surface area contributed by atoms with Crippen molar-refractivity contribution in [2.75, 3.05) is 6.54 Å². The lowest BCUT2D eigenvalue weighted by atomic mass is 9.78. The van der Waals surface area contributed by atoms with Crippen molar-refractivity contribution in [1.29, 1.82) is 0 Å². The summed E-state index contributed by atoms with van der Waals surface area (Å²) < 4.78 is 0. The Morgan fingerprint density at radius 3 is 2.86 bits per heavy atom. The Labute approximate surface area is 131 Å². The van der Waals surface area contributed by atoms with E-state index in [4.69, 9.17) is 4.98 Å². The highest BCUT2D eigenvalue weighted by Crippen LogP contribution is 2.42. The topological polar surface area (TPSA) is 24.9 Å². The molecule has 0 radical (unpaired) electrons. The molecule has 1 atom stereocenters. The van der Waals surface area contributed by atoms with Crippen LogP contribution < -0.4 is 5.32 Å². The lowest BCUT2D eigenvalue weighted by molar-refractivity contribution is 0.553. The minimum atomic E-state index is 0.537. The second kappa shape index (κ2) is 6.29. The first-order chi connectivity index (χ1) is 10.2. The standard InChI is InChI=1S/C18H24N2S/c1-4-16-17(11-19-10-12(2)3)21-18(20-16)15-9-13-7-5-6-8-14(13)15/h5-8,12,15,19H,4,9-11H2,1-3H3. The molecular formula is C18H24N2S. The van der Waals surface area contributed by atoms with Gasteiger partial charge in [-0.1, -0.05) is 45.0 Å². The van der Waals surface area contributed by atoms with Gasteiger partial charge >= 0.3 is 0 Å². The smallest absolute Gasteiger partial charge is 0.101 e. The summed E-state index contributed by atoms with van der Waals surface area (Å²) in [7, 11) is 0. The van der Waals surface area contributed by atoms with Gasteiger partial charge in [0.1, 0.15) is 5.01 Å². The van der Waals surface area contributed by atoms with E-state index in [1.807, 2.05) is 11.3 Å². The second-order valence-electron chi connectivity index (χ2n) is 6.26. The van der Waals surface area contributed by atoms with Gasteiger partial charge in [0.15, 0.2) is 0 Å². The molecule has 1 heterocycles. The Morgan fingerprint density at radius 1 is 1.33 bits per heavy atom. The van der Waals surface area contributed by atoms with Crippen LogP contribution in [0, 0.1) is 5.92 Å². The maximum absolute atomic E-state index is 4.93. The first-order valence-electron chi connectivity index (χ1n) is 7.96. The Bertz CT molecular complexity index is 615. The molecule has 21 heavy (non-hydrogen) atoms. The number of aromatic nitrogens is 1. The Morgan fingerprint density at radius 2 is 2.14 bits per heavy atom. The van der Waals surface area contributed by atoms with Crippen LogP contribution in [0.1, 0.15) is 53.4 Å². The van der Waals surface area contributed by atoms with E-state index >= 15 is 0 Å². The van der Waals surface area contributed by atoms with Crippen LogP contribution in [-0.4, -0.2) is 11.5 Å². The van der Waals surface area contributed by atoms with Gasteiger partial charge in [-0.3, -0.25) is 0 Å². The molecule has 1 unspecified atom stereocenters. The zero-order valence-corrected chi connectivity index (χ0v) is 14.0. The Balaban J connectivity index is 1.74. The number of nitrogens with one attached hydrogen (secondary N) is 1. The largest absolute Gasteiger partial charge is 0.312 e. The fourth-order valence-electron chi connectivity index (χ4n) is 2.92. The van der Waals surface area contributed by atoms with E-state index in [2.05, 4.69) is 50.4 Å². The summed E-state index contributed by atoms with van der Waals surface area (Å²) in [6.07, 6.45) is 2.19. The fraction of sp³-hybridized carbons (Fsp3) is 0.500. The molecule has 0 aliphatic heterocycles. The average molecular weight is 300 g/mol. The summed E-state index contributed by atoms with van der Waals surface area (Å²) in [5, 5.41) is 4.87. The van der Waals surface area contributed by atoms with Crippen molar-refractivity contribution in [2.45, 2.75) is 46.1 Å². The maximum atomic E-state index is 4.93. The highest BCUT2D eigenvalue weighted by Gasteiger charge is 2.30. The first-order valence-corrected chi connectivity index (χ1v) is 8.77. The van der Waals surface area contributed by atoms with Gasteiger partial charge in [0.2, 0.25) is 0 Å². The third kappa shape index (κ3) is 3.04. The molecule has 1 aromatic heterocycles. The molecule has 0 bridgehead atoms. The fourth-order valence-corrected chi connectivity index (χ4v) is 4.16. The minimum absolute atomic E-state index is 0.537. The summed E-state index contributed by atoms with van der Waals surface area (Å²) >= 11 is 1.91. The van der Waals surface area contributed by atoms with Crippen LogP contribution in [0.4, 0.5) is 0 Å². The van der Waals surface area contributed by atoms with Crippen molar-refractivity contribution in [3.05, 3.63) is 51.0 Å². The molecular weight excluding hydrogens is 276 g/mol. The predicted molar refractivity (Wildman–Crippen MR) is 90.0 cm³/mol. The zero-order valence-electron chi connectivity index (χ0n) is 13.1. The molecule has 1 N–H and O–H groups in total. The molecule has 3 heteroatoms. The molecule has 0 amide bonds. The minimum Gasteiger partial charge on any atom is -0.312 e. The average Bonchev–Trinajstić information content (AvgIpc) is 2.82. The van der Waals surface area contributed by atoms with Gasteiger partial charge < -0.3 is 5.32 Å². The monoisotopic (exact) mass is 300 g/mol. The number of aryl methyl sites for hydroxylation is 1. The van der Waals surface area contributed by atoms with Crippen LogP contribution in [0.5, 0.6) is 0 Å². The second-order valence-corrected chi connectivity index (χ2v) is 7.37. The van der Waals surface area contributed by atoms with Crippen molar-refractivity contribution in [1.82, 2.24) is 10.3 Å². The molecule has 0 saturated carbocycles. The van der Waals surface area contributed by atoms with Gasteiger partial charge in [-0.2, -0.15) is 0 Å². The van der Waals surface area contributed by atoms with Crippen molar-refractivity contribution in [2.24, 2.45) is 5.92 Å². The number of fused-ring (bicyclic) bond motifs is 1. The van der Waals surface area contributed by atoms with Gasteiger partial charge in [0, 0.05) is 17.3 Å². The third-order valence-electron chi connectivity index (χ3n) is 4.12. The zero-order chi connectivity index (χ0) is 14.8. The molecule has 0 fully saturated rings. The molecule has 1 aromatic carbocycles. The van der Waals surface area contributed by atoms with E-state index < -0.39 is 0 Å². The van der Waals surface area contributed by atoms with Crippen molar-refractivity contribution < 1.29 is 0 Å². The van der Waals surface area contributed by atoms with Crippen LogP contribution >= 0.6 is 11.3 Å². The highest BCUT2D eigenvalue weighted by molar-refractivity contribution is 7.11. The van der Waals surface area contributed by atoms with Gasteiger partial charge in [-0.05, 0) is 36.4 Å². The SMILES string of the molecule is CCc1nc(C2Cc3ccccc32)sc1CNCC(C)C. The molecule has 1 aliphatic rings. The number of thiazole rings is 1. The van der Waals surface area contributed by atoms with Gasteiger partial charge in [-0.15, -0.1) is 11.3 Å². The van der Waals surface area contributed by atoms with E-state index in [0.29, 0.717) is 11.8 Å². The van der Waals surface area contributed by atoms with E-state index in [1.54, 1.807) is 0 Å². The summed E-state index contributed by atoms with van der Waals surface area (Å²) in [5.41, 5.74) is 4.27. The van der Waals surface area contributed by atoms with Crippen LogP contribution in [0.3, 0.4) is 0 Å². The van der Waals surface area contributed by atoms with Gasteiger partial charge in [0.25, 0.3) is 0 Å². The van der Waals surface area contributed by atoms with Crippen LogP contribution in [0.15, 0.2) is 24.3 Å². The molecule has 112 valence electrons. The number of hydrogen-bond acceptors (Lipinski definition) is 3. The Hall–Kier alpha value is -1.19. The van der Waals surface area contributed by atoms with Crippen LogP contribution in [-0.2, 0) is 19.4 Å². The highest BCUT2D eigenvalue weighted by atomic mass is 32.1. The molecule has 3 rings (SSSR count). The third-order valence-corrected chi connectivity index (χ3v) is 5.33. The number of hydrogen-bond donors (Lipinski definition) is 1. The summed E-state index contributed by atoms with van der Waals surface area (Å²) in [4.78, 5) is 6.35. The van der Waals surface area contributed by atoms with Crippen LogP contribution in [0.2, 0.25) is 0 Å². The molecule has 2 nitrogen and oxygen atoms in total. The summed E-state index contributed by atoms with van der Waals surface area (Å²) in [5.74, 6) is 1.23. The number of nitrogens with zero attached hydrogens (tertiary/aromatic N) is 1. The predicted octanol–water partition coefficient (Wildman–Crippen LogP) is 4.14. The quantitative estimate of drug-likeness (QED) is 0.867. The van der Waals surface area contributed by atoms with E-state index in [-0.39, 0.29) is 0 Å². The molecule has 0 saturated heterocycles. The lowest BCUT2D eigenvalue weighted by Gasteiger charge is -2.28. The summed E-state index contributed by atoms with van der Waals surface area (Å²) in [6, 6.07) is 8.78. The van der Waals surface area contributed by atoms with Crippen molar-refractivity contribution >= 4 is 11.3 Å². The molecule has 2 aromatic rings. The first kappa shape index (κ1) is 14.7. The van der Waals surface area contributed by atoms with Crippen molar-refractivity contribution in [3.8, 4) is 0 Å². The number of rotatable bonds is 6.